The first-order chi connectivity index (χ1) is 11.5. The lowest BCUT2D eigenvalue weighted by atomic mass is 10.1. The molecule has 1 amide bonds. The van der Waals surface area contributed by atoms with E-state index in [2.05, 4.69) is 47.0 Å². The van der Waals surface area contributed by atoms with Crippen molar-refractivity contribution in [3.8, 4) is 0 Å². The van der Waals surface area contributed by atoms with Gasteiger partial charge < -0.3 is 9.84 Å². The second-order valence-corrected chi connectivity index (χ2v) is 7.14. The van der Waals surface area contributed by atoms with Crippen LogP contribution in [0.5, 0.6) is 0 Å². The molecule has 1 N–H and O–H groups in total. The van der Waals surface area contributed by atoms with Gasteiger partial charge in [-0.05, 0) is 56.0 Å². The highest BCUT2D eigenvalue weighted by Crippen LogP contribution is 2.26. The van der Waals surface area contributed by atoms with Crippen LogP contribution in [0.2, 0.25) is 0 Å². The van der Waals surface area contributed by atoms with E-state index in [0.717, 1.165) is 23.4 Å². The van der Waals surface area contributed by atoms with Crippen molar-refractivity contribution >= 4 is 27.3 Å². The van der Waals surface area contributed by atoms with Crippen molar-refractivity contribution in [2.45, 2.75) is 46.1 Å². The van der Waals surface area contributed by atoms with Gasteiger partial charge in [0.15, 0.2) is 0 Å². The van der Waals surface area contributed by atoms with E-state index in [9.17, 15) is 4.79 Å². The zero-order valence-corrected chi connectivity index (χ0v) is 15.1. The number of rotatable bonds is 6. The molecule has 0 saturated heterocycles. The van der Waals surface area contributed by atoms with Crippen LogP contribution in [0.25, 0.3) is 10.1 Å². The fourth-order valence-electron chi connectivity index (χ4n) is 3.02. The molecule has 0 aliphatic rings. The van der Waals surface area contributed by atoms with Gasteiger partial charge in [0.25, 0.3) is 0 Å². The summed E-state index contributed by atoms with van der Waals surface area (Å²) >= 11 is 1.76. The molecule has 1 aromatic carbocycles. The van der Waals surface area contributed by atoms with Crippen molar-refractivity contribution in [2.24, 2.45) is 0 Å². The number of hydrogen-bond donors (Lipinski definition) is 1. The van der Waals surface area contributed by atoms with E-state index < -0.39 is 0 Å². The van der Waals surface area contributed by atoms with Gasteiger partial charge in [-0.25, -0.2) is 0 Å². The van der Waals surface area contributed by atoms with Crippen molar-refractivity contribution in [3.63, 3.8) is 0 Å². The lowest BCUT2D eigenvalue weighted by Crippen LogP contribution is -2.34. The molecule has 126 valence electrons. The Bertz CT molecular complexity index is 831. The molecule has 3 rings (SSSR count). The molecule has 0 saturated carbocycles. The largest absolute Gasteiger partial charge is 0.361 e. The Kier molecular flexibility index (Phi) is 5.00. The molecule has 4 nitrogen and oxygen atoms in total. The molecule has 0 spiro atoms. The minimum atomic E-state index is 0.0713. The van der Waals surface area contributed by atoms with Crippen LogP contribution in [0.15, 0.2) is 34.2 Å². The van der Waals surface area contributed by atoms with Crippen LogP contribution < -0.4 is 5.32 Å². The molecule has 0 radical (unpaired) electrons. The molecule has 24 heavy (non-hydrogen) atoms. The van der Waals surface area contributed by atoms with Gasteiger partial charge in [-0.2, -0.15) is 0 Å². The molecule has 0 unspecified atom stereocenters. The van der Waals surface area contributed by atoms with Crippen LogP contribution in [-0.2, 0) is 17.6 Å². The van der Waals surface area contributed by atoms with Crippen LogP contribution in [-0.4, -0.2) is 17.1 Å². The lowest BCUT2D eigenvalue weighted by Gasteiger charge is -2.13. The number of carbonyl (C=O) groups is 1. The number of fused-ring (bicyclic) bond motifs is 1. The number of hydrogen-bond acceptors (Lipinski definition) is 4. The molecular weight excluding hydrogens is 320 g/mol. The molecular formula is C19H22N2O2S. The minimum absolute atomic E-state index is 0.0713. The summed E-state index contributed by atoms with van der Waals surface area (Å²) in [6.45, 7) is 5.85. The number of nitrogens with one attached hydrogen (secondary N) is 1. The van der Waals surface area contributed by atoms with Crippen molar-refractivity contribution in [1.82, 2.24) is 10.5 Å². The van der Waals surface area contributed by atoms with Crippen LogP contribution in [0.4, 0.5) is 0 Å². The summed E-state index contributed by atoms with van der Waals surface area (Å²) in [5.74, 6) is 0.875. The van der Waals surface area contributed by atoms with E-state index in [1.165, 1.54) is 15.6 Å². The van der Waals surface area contributed by atoms with Gasteiger partial charge in [-0.3, -0.25) is 4.79 Å². The molecule has 2 heterocycles. The molecule has 0 aliphatic heterocycles. The Hall–Kier alpha value is -2.14. The third-order valence-electron chi connectivity index (χ3n) is 4.28. The zero-order chi connectivity index (χ0) is 17.1. The maximum atomic E-state index is 12.2. The highest BCUT2D eigenvalue weighted by molar-refractivity contribution is 7.17. The summed E-state index contributed by atoms with van der Waals surface area (Å²) in [7, 11) is 0. The predicted molar refractivity (Wildman–Crippen MR) is 97.4 cm³/mol. The Labute approximate surface area is 145 Å². The summed E-state index contributed by atoms with van der Waals surface area (Å²) in [5, 5.41) is 10.5. The summed E-state index contributed by atoms with van der Waals surface area (Å²) < 4.78 is 6.43. The molecule has 1 atom stereocenters. The highest BCUT2D eigenvalue weighted by Gasteiger charge is 2.14. The Morgan fingerprint density at radius 3 is 2.88 bits per heavy atom. The van der Waals surface area contributed by atoms with Crippen LogP contribution in [0, 0.1) is 13.8 Å². The van der Waals surface area contributed by atoms with Crippen molar-refractivity contribution in [2.75, 3.05) is 0 Å². The Balaban J connectivity index is 1.54. The summed E-state index contributed by atoms with van der Waals surface area (Å²) in [5.41, 5.74) is 3.22. The number of aromatic nitrogens is 1. The number of aryl methyl sites for hydroxylation is 2. The first kappa shape index (κ1) is 16.7. The van der Waals surface area contributed by atoms with E-state index in [1.807, 2.05) is 13.8 Å². The molecule has 2 aromatic heterocycles. The van der Waals surface area contributed by atoms with Gasteiger partial charge in [0.05, 0.1) is 5.69 Å². The number of amides is 1. The third kappa shape index (κ3) is 3.67. The van der Waals surface area contributed by atoms with Gasteiger partial charge in [0, 0.05) is 22.7 Å². The average molecular weight is 342 g/mol. The van der Waals surface area contributed by atoms with Crippen LogP contribution >= 0.6 is 11.3 Å². The standard InChI is InChI=1S/C19H22N2O2S/c1-12(10-15-11-24-18-7-5-4-6-17(15)18)20-19(22)9-8-16-13(2)21-23-14(16)3/h4-7,11-12H,8-10H2,1-3H3,(H,20,22)/t12-/m0/s1. The van der Waals surface area contributed by atoms with Crippen molar-refractivity contribution in [1.29, 1.82) is 0 Å². The summed E-state index contributed by atoms with van der Waals surface area (Å²) in [6, 6.07) is 8.51. The highest BCUT2D eigenvalue weighted by atomic mass is 32.1. The van der Waals surface area contributed by atoms with E-state index in [0.29, 0.717) is 12.8 Å². The normalized spacial score (nSPS) is 12.5. The number of benzene rings is 1. The van der Waals surface area contributed by atoms with Crippen molar-refractivity contribution in [3.05, 3.63) is 52.2 Å². The fraction of sp³-hybridized carbons (Fsp3) is 0.368. The second kappa shape index (κ2) is 7.18. The number of carbonyl (C=O) groups excluding carboxylic acids is 1. The van der Waals surface area contributed by atoms with E-state index in [4.69, 9.17) is 4.52 Å². The van der Waals surface area contributed by atoms with Gasteiger partial charge in [-0.1, -0.05) is 23.4 Å². The zero-order valence-electron chi connectivity index (χ0n) is 14.3. The Morgan fingerprint density at radius 1 is 1.33 bits per heavy atom. The van der Waals surface area contributed by atoms with E-state index in [-0.39, 0.29) is 11.9 Å². The second-order valence-electron chi connectivity index (χ2n) is 6.23. The molecule has 0 bridgehead atoms. The maximum absolute atomic E-state index is 12.2. The number of thiophene rings is 1. The van der Waals surface area contributed by atoms with Gasteiger partial charge in [0.2, 0.25) is 5.91 Å². The van der Waals surface area contributed by atoms with E-state index in [1.54, 1.807) is 11.3 Å². The Morgan fingerprint density at radius 2 is 2.12 bits per heavy atom. The van der Waals surface area contributed by atoms with Crippen LogP contribution in [0.3, 0.4) is 0 Å². The van der Waals surface area contributed by atoms with Gasteiger partial charge in [0.1, 0.15) is 5.76 Å². The molecule has 0 fully saturated rings. The summed E-state index contributed by atoms with van der Waals surface area (Å²) in [6.07, 6.45) is 1.97. The van der Waals surface area contributed by atoms with Crippen molar-refractivity contribution < 1.29 is 9.32 Å². The average Bonchev–Trinajstić information content (AvgIpc) is 3.10. The van der Waals surface area contributed by atoms with Gasteiger partial charge in [-0.15, -0.1) is 11.3 Å². The topological polar surface area (TPSA) is 55.1 Å². The minimum Gasteiger partial charge on any atom is -0.361 e. The van der Waals surface area contributed by atoms with Gasteiger partial charge >= 0.3 is 0 Å². The first-order valence-electron chi connectivity index (χ1n) is 8.21. The molecule has 5 heteroatoms. The lowest BCUT2D eigenvalue weighted by molar-refractivity contribution is -0.121. The monoisotopic (exact) mass is 342 g/mol. The molecule has 3 aromatic rings. The smallest absolute Gasteiger partial charge is 0.220 e. The van der Waals surface area contributed by atoms with E-state index >= 15 is 0 Å². The fourth-order valence-corrected chi connectivity index (χ4v) is 3.99. The summed E-state index contributed by atoms with van der Waals surface area (Å²) in [4.78, 5) is 12.2. The maximum Gasteiger partial charge on any atom is 0.220 e. The first-order valence-corrected chi connectivity index (χ1v) is 9.08. The van der Waals surface area contributed by atoms with Crippen LogP contribution in [0.1, 0.15) is 35.9 Å². The molecule has 0 aliphatic carbocycles. The quantitative estimate of drug-likeness (QED) is 0.731. The number of nitrogens with zero attached hydrogens (tertiary/aromatic N) is 1. The third-order valence-corrected chi connectivity index (χ3v) is 5.29. The predicted octanol–water partition coefficient (Wildman–Crippen LogP) is 4.19. The SMILES string of the molecule is Cc1noc(C)c1CCC(=O)N[C@@H](C)Cc1csc2ccccc12.